The zero-order valence-electron chi connectivity index (χ0n) is 13.8. The number of methoxy groups -OCH3 is 2. The lowest BCUT2D eigenvalue weighted by Gasteiger charge is -2.26. The van der Waals surface area contributed by atoms with Crippen LogP contribution in [0.2, 0.25) is 0 Å². The molecule has 0 amide bonds. The first-order valence-electron chi connectivity index (χ1n) is 7.87. The van der Waals surface area contributed by atoms with E-state index < -0.39 is 10.0 Å². The molecule has 0 radical (unpaired) electrons. The van der Waals surface area contributed by atoms with E-state index in [1.54, 1.807) is 6.07 Å². The minimum absolute atomic E-state index is 0.170. The van der Waals surface area contributed by atoms with Gasteiger partial charge >= 0.3 is 0 Å². The van der Waals surface area contributed by atoms with Gasteiger partial charge in [0.25, 0.3) is 0 Å². The van der Waals surface area contributed by atoms with Crippen LogP contribution in [0.3, 0.4) is 0 Å². The summed E-state index contributed by atoms with van der Waals surface area (Å²) in [6.07, 6.45) is 2.75. The quantitative estimate of drug-likeness (QED) is 0.903. The Morgan fingerprint density at radius 1 is 1.04 bits per heavy atom. The lowest BCUT2D eigenvalue weighted by molar-refractivity contribution is 0.354. The van der Waals surface area contributed by atoms with Crippen LogP contribution in [0.4, 0.5) is 0 Å². The number of aryl methyl sites for hydroxylation is 1. The van der Waals surface area contributed by atoms with E-state index in [9.17, 15) is 8.42 Å². The Labute approximate surface area is 142 Å². The van der Waals surface area contributed by atoms with Crippen LogP contribution in [-0.4, -0.2) is 22.6 Å². The van der Waals surface area contributed by atoms with Gasteiger partial charge in [-0.1, -0.05) is 24.3 Å². The third-order valence-corrected chi connectivity index (χ3v) is 5.80. The molecule has 1 aliphatic carbocycles. The number of hydrogen-bond acceptors (Lipinski definition) is 4. The second-order valence-corrected chi connectivity index (χ2v) is 7.50. The fourth-order valence-corrected chi connectivity index (χ4v) is 4.38. The monoisotopic (exact) mass is 347 g/mol. The minimum Gasteiger partial charge on any atom is -0.493 e. The molecule has 0 bridgehead atoms. The SMILES string of the molecule is COc1ccc(S(=O)(=O)NC2CCCc3ccccc32)cc1OC. The Kier molecular flexibility index (Phi) is 4.78. The Bertz CT molecular complexity index is 833. The van der Waals surface area contributed by atoms with Crippen molar-refractivity contribution in [1.82, 2.24) is 4.72 Å². The third kappa shape index (κ3) is 3.25. The molecule has 1 atom stereocenters. The van der Waals surface area contributed by atoms with E-state index in [1.165, 1.54) is 31.9 Å². The second-order valence-electron chi connectivity index (χ2n) is 5.78. The first-order chi connectivity index (χ1) is 11.5. The zero-order chi connectivity index (χ0) is 17.2. The maximum atomic E-state index is 12.8. The molecule has 0 aromatic heterocycles. The fourth-order valence-electron chi connectivity index (χ4n) is 3.12. The van der Waals surface area contributed by atoms with Crippen molar-refractivity contribution in [2.45, 2.75) is 30.2 Å². The number of rotatable bonds is 5. The van der Waals surface area contributed by atoms with E-state index >= 15 is 0 Å². The van der Waals surface area contributed by atoms with Gasteiger partial charge in [-0.25, -0.2) is 13.1 Å². The molecular weight excluding hydrogens is 326 g/mol. The van der Waals surface area contributed by atoms with Crippen LogP contribution >= 0.6 is 0 Å². The number of nitrogens with one attached hydrogen (secondary N) is 1. The Hall–Kier alpha value is -2.05. The normalized spacial score (nSPS) is 17.2. The maximum Gasteiger partial charge on any atom is 0.241 e. The van der Waals surface area contributed by atoms with Crippen molar-refractivity contribution in [3.8, 4) is 11.5 Å². The first kappa shape index (κ1) is 16.8. The lowest BCUT2D eigenvalue weighted by atomic mass is 9.88. The van der Waals surface area contributed by atoms with Crippen molar-refractivity contribution in [2.24, 2.45) is 0 Å². The Morgan fingerprint density at radius 3 is 2.54 bits per heavy atom. The molecule has 2 aromatic rings. The highest BCUT2D eigenvalue weighted by Gasteiger charge is 2.26. The number of fused-ring (bicyclic) bond motifs is 1. The van der Waals surface area contributed by atoms with E-state index in [0.29, 0.717) is 11.5 Å². The molecule has 1 N–H and O–H groups in total. The van der Waals surface area contributed by atoms with Crippen molar-refractivity contribution >= 4 is 10.0 Å². The lowest BCUT2D eigenvalue weighted by Crippen LogP contribution is -2.31. The first-order valence-corrected chi connectivity index (χ1v) is 9.35. The van der Waals surface area contributed by atoms with Crippen molar-refractivity contribution in [2.75, 3.05) is 14.2 Å². The van der Waals surface area contributed by atoms with E-state index in [4.69, 9.17) is 9.47 Å². The zero-order valence-corrected chi connectivity index (χ0v) is 14.6. The minimum atomic E-state index is -3.65. The Morgan fingerprint density at radius 2 is 1.79 bits per heavy atom. The molecular formula is C18H21NO4S. The van der Waals surface area contributed by atoms with Gasteiger partial charge in [-0.3, -0.25) is 0 Å². The largest absolute Gasteiger partial charge is 0.493 e. The van der Waals surface area contributed by atoms with E-state index in [-0.39, 0.29) is 10.9 Å². The molecule has 128 valence electrons. The predicted molar refractivity (Wildman–Crippen MR) is 92.0 cm³/mol. The summed E-state index contributed by atoms with van der Waals surface area (Å²) in [6.45, 7) is 0. The van der Waals surface area contributed by atoms with Crippen molar-refractivity contribution in [1.29, 1.82) is 0 Å². The van der Waals surface area contributed by atoms with Gasteiger partial charge in [0, 0.05) is 12.1 Å². The van der Waals surface area contributed by atoms with Crippen LogP contribution in [0, 0.1) is 0 Å². The standard InChI is InChI=1S/C18H21NO4S/c1-22-17-11-10-14(12-18(17)23-2)24(20,21)19-16-9-5-7-13-6-3-4-8-15(13)16/h3-4,6,8,10-12,16,19H,5,7,9H2,1-2H3. The molecule has 5 nitrogen and oxygen atoms in total. The number of ether oxygens (including phenoxy) is 2. The van der Waals surface area contributed by atoms with Gasteiger partial charge in [0.2, 0.25) is 10.0 Å². The summed E-state index contributed by atoms with van der Waals surface area (Å²) < 4.78 is 38.7. The summed E-state index contributed by atoms with van der Waals surface area (Å²) in [6, 6.07) is 12.4. The predicted octanol–water partition coefficient (Wildman–Crippen LogP) is 3.06. The molecule has 1 aliphatic rings. The van der Waals surface area contributed by atoms with Gasteiger partial charge in [0.05, 0.1) is 19.1 Å². The molecule has 0 spiro atoms. The van der Waals surface area contributed by atoms with Gasteiger partial charge in [-0.2, -0.15) is 0 Å². The summed E-state index contributed by atoms with van der Waals surface area (Å²) >= 11 is 0. The average molecular weight is 347 g/mol. The fraction of sp³-hybridized carbons (Fsp3) is 0.333. The van der Waals surface area contributed by atoms with E-state index in [2.05, 4.69) is 10.8 Å². The van der Waals surface area contributed by atoms with Gasteiger partial charge in [-0.15, -0.1) is 0 Å². The third-order valence-electron chi connectivity index (χ3n) is 4.33. The summed E-state index contributed by atoms with van der Waals surface area (Å²) in [5, 5.41) is 0. The average Bonchev–Trinajstić information content (AvgIpc) is 2.61. The van der Waals surface area contributed by atoms with Crippen LogP contribution < -0.4 is 14.2 Å². The molecule has 6 heteroatoms. The molecule has 24 heavy (non-hydrogen) atoms. The number of hydrogen-bond donors (Lipinski definition) is 1. The summed E-state index contributed by atoms with van der Waals surface area (Å²) in [5.41, 5.74) is 2.27. The molecule has 0 saturated heterocycles. The van der Waals surface area contributed by atoms with Gasteiger partial charge < -0.3 is 9.47 Å². The highest BCUT2D eigenvalue weighted by molar-refractivity contribution is 7.89. The summed E-state index contributed by atoms with van der Waals surface area (Å²) in [4.78, 5) is 0.170. The smallest absolute Gasteiger partial charge is 0.241 e. The highest BCUT2D eigenvalue weighted by atomic mass is 32.2. The topological polar surface area (TPSA) is 64.6 Å². The molecule has 0 heterocycles. The van der Waals surface area contributed by atoms with Crippen molar-refractivity contribution < 1.29 is 17.9 Å². The van der Waals surface area contributed by atoms with E-state index in [0.717, 1.165) is 24.8 Å². The molecule has 3 rings (SSSR count). The van der Waals surface area contributed by atoms with E-state index in [1.807, 2.05) is 18.2 Å². The molecule has 0 saturated carbocycles. The number of sulfonamides is 1. The molecule has 2 aromatic carbocycles. The second kappa shape index (κ2) is 6.83. The van der Waals surface area contributed by atoms with Crippen molar-refractivity contribution in [3.63, 3.8) is 0 Å². The van der Waals surface area contributed by atoms with Crippen LogP contribution in [-0.2, 0) is 16.4 Å². The summed E-state index contributed by atoms with van der Waals surface area (Å²) in [5.74, 6) is 0.892. The Balaban J connectivity index is 1.90. The van der Waals surface area contributed by atoms with Crippen LogP contribution in [0.1, 0.15) is 30.0 Å². The molecule has 0 aliphatic heterocycles. The number of benzene rings is 2. The molecule has 0 fully saturated rings. The van der Waals surface area contributed by atoms with Crippen LogP contribution in [0.25, 0.3) is 0 Å². The maximum absolute atomic E-state index is 12.8. The van der Waals surface area contributed by atoms with Crippen LogP contribution in [0.15, 0.2) is 47.4 Å². The van der Waals surface area contributed by atoms with Crippen LogP contribution in [0.5, 0.6) is 11.5 Å². The highest BCUT2D eigenvalue weighted by Crippen LogP contribution is 2.33. The summed E-state index contributed by atoms with van der Waals surface area (Å²) in [7, 11) is -0.643. The molecule has 1 unspecified atom stereocenters. The van der Waals surface area contributed by atoms with Gasteiger partial charge in [-0.05, 0) is 42.5 Å². The van der Waals surface area contributed by atoms with Crippen molar-refractivity contribution in [3.05, 3.63) is 53.6 Å². The van der Waals surface area contributed by atoms with Gasteiger partial charge in [0.1, 0.15) is 0 Å². The van der Waals surface area contributed by atoms with Gasteiger partial charge in [0.15, 0.2) is 11.5 Å².